The molecule has 28 heavy (non-hydrogen) atoms. The molecule has 1 aliphatic rings. The second kappa shape index (κ2) is 11.0. The minimum atomic E-state index is -0.627. The molecule has 1 aromatic carbocycles. The number of amides is 2. The first-order chi connectivity index (χ1) is 13.5. The van der Waals surface area contributed by atoms with Crippen molar-refractivity contribution in [3.63, 3.8) is 0 Å². The van der Waals surface area contributed by atoms with Crippen molar-refractivity contribution < 1.29 is 19.9 Å². The van der Waals surface area contributed by atoms with E-state index in [-0.39, 0.29) is 18.4 Å². The zero-order chi connectivity index (χ0) is 20.5. The van der Waals surface area contributed by atoms with Crippen LogP contribution in [0.1, 0.15) is 44.6 Å². The minimum absolute atomic E-state index is 0.0592. The Bertz CT molecular complexity index is 656. The number of nitrogens with one attached hydrogen (secondary N) is 2. The number of hydrogen-bond donors (Lipinski definition) is 4. The van der Waals surface area contributed by atoms with Crippen LogP contribution in [0.5, 0.6) is 0 Å². The van der Waals surface area contributed by atoms with Gasteiger partial charge in [0, 0.05) is 0 Å². The lowest BCUT2D eigenvalue weighted by Crippen LogP contribution is -2.48. The van der Waals surface area contributed by atoms with Crippen LogP contribution in [-0.2, 0) is 16.0 Å². The summed E-state index contributed by atoms with van der Waals surface area (Å²) >= 11 is 0. The maximum atomic E-state index is 13.1. The molecular formula is C22H32N2O4. The molecule has 0 aromatic heterocycles. The standard InChI is InChI=1S/C22H32N2O4/c1-15(2)12-19(20(22(27)24-28)17-10-6-7-11-17)21(26)23-18(14-25)13-16-8-4-3-5-9-16/h3-5,8-9,17-20,25,28H,1,6-7,10-14H2,2H3,(H,23,26)(H,24,27)/t18-,19+,20-/m0/s1. The van der Waals surface area contributed by atoms with Gasteiger partial charge < -0.3 is 10.4 Å². The van der Waals surface area contributed by atoms with Crippen molar-refractivity contribution in [3.8, 4) is 0 Å². The van der Waals surface area contributed by atoms with Crippen LogP contribution in [0, 0.1) is 17.8 Å². The summed E-state index contributed by atoms with van der Waals surface area (Å²) in [6, 6.07) is 9.19. The first-order valence-corrected chi connectivity index (χ1v) is 9.99. The highest BCUT2D eigenvalue weighted by atomic mass is 16.5. The SMILES string of the molecule is C=C(C)C[C@@H](C(=O)N[C@H](CO)Cc1ccccc1)[C@@H](C(=O)NO)C1CCCC1. The van der Waals surface area contributed by atoms with Gasteiger partial charge in [0.2, 0.25) is 11.8 Å². The molecule has 154 valence electrons. The molecule has 0 radical (unpaired) electrons. The van der Waals surface area contributed by atoms with Gasteiger partial charge in [-0.3, -0.25) is 14.8 Å². The predicted octanol–water partition coefficient (Wildman–Crippen LogP) is 2.60. The van der Waals surface area contributed by atoms with E-state index in [9.17, 15) is 19.9 Å². The van der Waals surface area contributed by atoms with Gasteiger partial charge in [0.1, 0.15) is 0 Å². The Kier molecular flexibility index (Phi) is 8.67. The second-order valence-corrected chi connectivity index (χ2v) is 7.89. The molecular weight excluding hydrogens is 356 g/mol. The van der Waals surface area contributed by atoms with E-state index in [0.717, 1.165) is 36.8 Å². The Morgan fingerprint density at radius 1 is 1.18 bits per heavy atom. The summed E-state index contributed by atoms with van der Waals surface area (Å²) < 4.78 is 0. The molecule has 1 saturated carbocycles. The molecule has 6 nitrogen and oxygen atoms in total. The maximum absolute atomic E-state index is 13.1. The number of benzene rings is 1. The van der Waals surface area contributed by atoms with Crippen molar-refractivity contribution in [2.24, 2.45) is 17.8 Å². The van der Waals surface area contributed by atoms with E-state index in [4.69, 9.17) is 0 Å². The topological polar surface area (TPSA) is 98.7 Å². The lowest BCUT2D eigenvalue weighted by atomic mass is 9.76. The normalized spacial score (nSPS) is 17.5. The number of aliphatic hydroxyl groups is 1. The molecule has 4 N–H and O–H groups in total. The average Bonchev–Trinajstić information content (AvgIpc) is 3.21. The highest BCUT2D eigenvalue weighted by Crippen LogP contribution is 2.37. The van der Waals surface area contributed by atoms with Gasteiger partial charge in [-0.1, -0.05) is 48.7 Å². The third-order valence-electron chi connectivity index (χ3n) is 5.55. The third-order valence-corrected chi connectivity index (χ3v) is 5.55. The third kappa shape index (κ3) is 6.17. The van der Waals surface area contributed by atoms with Crippen LogP contribution in [0.25, 0.3) is 0 Å². The van der Waals surface area contributed by atoms with E-state index >= 15 is 0 Å². The van der Waals surface area contributed by atoms with Gasteiger partial charge >= 0.3 is 0 Å². The number of allylic oxidation sites excluding steroid dienone is 1. The van der Waals surface area contributed by atoms with Crippen LogP contribution >= 0.6 is 0 Å². The molecule has 1 fully saturated rings. The molecule has 0 heterocycles. The quantitative estimate of drug-likeness (QED) is 0.281. The van der Waals surface area contributed by atoms with Gasteiger partial charge in [-0.2, -0.15) is 0 Å². The van der Waals surface area contributed by atoms with Crippen molar-refractivity contribution in [1.82, 2.24) is 10.8 Å². The Hall–Kier alpha value is -2.18. The zero-order valence-corrected chi connectivity index (χ0v) is 16.6. The molecule has 6 heteroatoms. The average molecular weight is 389 g/mol. The minimum Gasteiger partial charge on any atom is -0.394 e. The lowest BCUT2D eigenvalue weighted by molar-refractivity contribution is -0.143. The van der Waals surface area contributed by atoms with Gasteiger partial charge in [0.05, 0.1) is 24.5 Å². The van der Waals surface area contributed by atoms with Gasteiger partial charge in [-0.05, 0) is 44.1 Å². The second-order valence-electron chi connectivity index (χ2n) is 7.89. The molecule has 3 atom stereocenters. The van der Waals surface area contributed by atoms with E-state index in [2.05, 4.69) is 11.9 Å². The van der Waals surface area contributed by atoms with E-state index in [1.54, 1.807) is 5.48 Å². The monoisotopic (exact) mass is 388 g/mol. The molecule has 0 saturated heterocycles. The summed E-state index contributed by atoms with van der Waals surface area (Å²) in [7, 11) is 0. The van der Waals surface area contributed by atoms with Gasteiger partial charge in [0.15, 0.2) is 0 Å². The Balaban J connectivity index is 2.17. The van der Waals surface area contributed by atoms with Crippen LogP contribution in [-0.4, -0.2) is 34.8 Å². The fourth-order valence-electron chi connectivity index (χ4n) is 4.24. The Morgan fingerprint density at radius 3 is 2.36 bits per heavy atom. The van der Waals surface area contributed by atoms with Crippen LogP contribution in [0.2, 0.25) is 0 Å². The van der Waals surface area contributed by atoms with Crippen LogP contribution in [0.3, 0.4) is 0 Å². The van der Waals surface area contributed by atoms with Crippen molar-refractivity contribution in [1.29, 1.82) is 0 Å². The molecule has 2 rings (SSSR count). The summed E-state index contributed by atoms with van der Waals surface area (Å²) in [6.45, 7) is 5.55. The fourth-order valence-corrected chi connectivity index (χ4v) is 4.24. The number of carbonyl (C=O) groups excluding carboxylic acids is 2. The Labute approximate surface area is 167 Å². The van der Waals surface area contributed by atoms with Crippen molar-refractivity contribution in [3.05, 3.63) is 48.0 Å². The highest BCUT2D eigenvalue weighted by Gasteiger charge is 2.40. The van der Waals surface area contributed by atoms with E-state index in [1.165, 1.54) is 0 Å². The Morgan fingerprint density at radius 2 is 1.82 bits per heavy atom. The molecule has 0 bridgehead atoms. The van der Waals surface area contributed by atoms with Gasteiger partial charge in [-0.25, -0.2) is 5.48 Å². The van der Waals surface area contributed by atoms with Crippen molar-refractivity contribution >= 4 is 11.8 Å². The van der Waals surface area contributed by atoms with Crippen LogP contribution < -0.4 is 10.8 Å². The number of hydrogen-bond acceptors (Lipinski definition) is 4. The highest BCUT2D eigenvalue weighted by molar-refractivity contribution is 5.87. The number of hydroxylamine groups is 1. The summed E-state index contributed by atoms with van der Waals surface area (Å²) in [5.74, 6) is -1.97. The number of rotatable bonds is 10. The number of aliphatic hydroxyl groups excluding tert-OH is 1. The molecule has 0 aliphatic heterocycles. The summed E-state index contributed by atoms with van der Waals surface area (Å²) in [5, 5.41) is 21.9. The van der Waals surface area contributed by atoms with Gasteiger partial charge in [-0.15, -0.1) is 6.58 Å². The van der Waals surface area contributed by atoms with Crippen LogP contribution in [0.15, 0.2) is 42.5 Å². The molecule has 2 amide bonds. The van der Waals surface area contributed by atoms with E-state index < -0.39 is 23.8 Å². The van der Waals surface area contributed by atoms with Crippen molar-refractivity contribution in [2.75, 3.05) is 6.61 Å². The summed E-state index contributed by atoms with van der Waals surface area (Å²) in [5.41, 5.74) is 3.58. The summed E-state index contributed by atoms with van der Waals surface area (Å²) in [6.07, 6.45) is 4.65. The largest absolute Gasteiger partial charge is 0.394 e. The lowest BCUT2D eigenvalue weighted by Gasteiger charge is -2.30. The molecule has 1 aliphatic carbocycles. The maximum Gasteiger partial charge on any atom is 0.247 e. The van der Waals surface area contributed by atoms with E-state index in [1.807, 2.05) is 37.3 Å². The predicted molar refractivity (Wildman–Crippen MR) is 107 cm³/mol. The smallest absolute Gasteiger partial charge is 0.247 e. The van der Waals surface area contributed by atoms with E-state index in [0.29, 0.717) is 12.8 Å². The zero-order valence-electron chi connectivity index (χ0n) is 16.6. The summed E-state index contributed by atoms with van der Waals surface area (Å²) in [4.78, 5) is 25.6. The first-order valence-electron chi connectivity index (χ1n) is 9.99. The first kappa shape index (κ1) is 22.1. The van der Waals surface area contributed by atoms with Gasteiger partial charge in [0.25, 0.3) is 0 Å². The van der Waals surface area contributed by atoms with Crippen molar-refractivity contribution in [2.45, 2.75) is 51.5 Å². The van der Waals surface area contributed by atoms with Crippen LogP contribution in [0.4, 0.5) is 0 Å². The number of carbonyl (C=O) groups is 2. The molecule has 0 spiro atoms. The molecule has 0 unspecified atom stereocenters. The fraction of sp³-hybridized carbons (Fsp3) is 0.545. The molecule has 1 aromatic rings.